The van der Waals surface area contributed by atoms with Crippen molar-refractivity contribution in [2.24, 2.45) is 16.5 Å². The molecular formula is C22H28N4O8S. The standard InChI is InChI=1S/C21H24N4O5.CH4O3S/c1-13(19(27)29-12-18(26)25(2)3)14-6-10-17(11-7-14)30-20(28)15-4-8-16(9-5-15)24-21(22)23;1-5(2,3)4/h4-11,13H,12H2,1-3H3,(H4,22,23,24);1H3,(H,2,3,4)/t13-;/m1./s1. The van der Waals surface area contributed by atoms with Gasteiger partial charge in [-0.05, 0) is 48.9 Å². The van der Waals surface area contributed by atoms with Gasteiger partial charge < -0.3 is 25.8 Å². The van der Waals surface area contributed by atoms with Crippen molar-refractivity contribution >= 4 is 39.6 Å². The first-order chi connectivity index (χ1) is 16.2. The minimum atomic E-state index is -3.67. The van der Waals surface area contributed by atoms with E-state index in [2.05, 4.69) is 4.99 Å². The highest BCUT2D eigenvalue weighted by molar-refractivity contribution is 7.85. The molecule has 0 aromatic heterocycles. The largest absolute Gasteiger partial charge is 0.455 e. The monoisotopic (exact) mass is 508 g/mol. The summed E-state index contributed by atoms with van der Waals surface area (Å²) in [7, 11) is -0.504. The lowest BCUT2D eigenvalue weighted by Gasteiger charge is -2.14. The molecule has 2 aromatic rings. The van der Waals surface area contributed by atoms with E-state index < -0.39 is 28.0 Å². The van der Waals surface area contributed by atoms with E-state index >= 15 is 0 Å². The van der Waals surface area contributed by atoms with E-state index in [-0.39, 0.29) is 18.5 Å². The molecule has 0 heterocycles. The quantitative estimate of drug-likeness (QED) is 0.160. The molecule has 5 N–H and O–H groups in total. The predicted octanol–water partition coefficient (Wildman–Crippen LogP) is 1.05. The Morgan fingerprint density at radius 3 is 2.00 bits per heavy atom. The minimum absolute atomic E-state index is 0.0761. The van der Waals surface area contributed by atoms with Crippen LogP contribution in [-0.4, -0.2) is 68.6 Å². The minimum Gasteiger partial charge on any atom is -0.455 e. The summed E-state index contributed by atoms with van der Waals surface area (Å²) in [5.41, 5.74) is 12.1. The van der Waals surface area contributed by atoms with Gasteiger partial charge in [-0.3, -0.25) is 14.1 Å². The third-order valence-electron chi connectivity index (χ3n) is 4.14. The Bertz CT molecular complexity index is 1150. The Morgan fingerprint density at radius 2 is 1.54 bits per heavy atom. The van der Waals surface area contributed by atoms with Gasteiger partial charge in [-0.1, -0.05) is 12.1 Å². The Balaban J connectivity index is 0.00000111. The Labute approximate surface area is 203 Å². The van der Waals surface area contributed by atoms with E-state index in [9.17, 15) is 22.8 Å². The number of hydrogen-bond acceptors (Lipinski definition) is 8. The highest BCUT2D eigenvalue weighted by atomic mass is 32.2. The van der Waals surface area contributed by atoms with Gasteiger partial charge in [0.2, 0.25) is 0 Å². The van der Waals surface area contributed by atoms with Gasteiger partial charge in [0.1, 0.15) is 5.75 Å². The van der Waals surface area contributed by atoms with Crippen molar-refractivity contribution in [2.75, 3.05) is 27.0 Å². The maximum atomic E-state index is 12.3. The van der Waals surface area contributed by atoms with Crippen LogP contribution >= 0.6 is 0 Å². The second-order valence-corrected chi connectivity index (χ2v) is 8.86. The zero-order chi connectivity index (χ0) is 26.8. The summed E-state index contributed by atoms with van der Waals surface area (Å²) in [4.78, 5) is 41.1. The number of ether oxygens (including phenoxy) is 2. The summed E-state index contributed by atoms with van der Waals surface area (Å²) in [6, 6.07) is 12.7. The Kier molecular flexibility index (Phi) is 10.8. The second kappa shape index (κ2) is 13.1. The molecule has 12 nitrogen and oxygen atoms in total. The van der Waals surface area contributed by atoms with Gasteiger partial charge in [-0.15, -0.1) is 0 Å². The predicted molar refractivity (Wildman–Crippen MR) is 129 cm³/mol. The molecule has 0 aliphatic rings. The van der Waals surface area contributed by atoms with Gasteiger partial charge in [0.25, 0.3) is 16.0 Å². The number of guanidine groups is 1. The summed E-state index contributed by atoms with van der Waals surface area (Å²) in [5, 5.41) is 0. The smallest absolute Gasteiger partial charge is 0.343 e. The summed E-state index contributed by atoms with van der Waals surface area (Å²) in [5.74, 6) is -1.70. The maximum Gasteiger partial charge on any atom is 0.343 e. The SMILES string of the molecule is CS(=O)(=O)O.C[C@@H](C(=O)OCC(=O)N(C)C)c1ccc(OC(=O)c2ccc(N=C(N)N)cc2)cc1. The first-order valence-corrected chi connectivity index (χ1v) is 11.8. The van der Waals surface area contributed by atoms with Gasteiger partial charge in [-0.25, -0.2) is 9.79 Å². The molecule has 0 spiro atoms. The molecule has 2 aromatic carbocycles. The molecule has 190 valence electrons. The van der Waals surface area contributed by atoms with Crippen molar-refractivity contribution in [3.63, 3.8) is 0 Å². The molecule has 0 aliphatic heterocycles. The molecule has 0 fully saturated rings. The number of nitrogens with zero attached hydrogens (tertiary/aromatic N) is 2. The van der Waals surface area contributed by atoms with Crippen molar-refractivity contribution in [1.82, 2.24) is 4.90 Å². The van der Waals surface area contributed by atoms with Crippen LogP contribution in [0.3, 0.4) is 0 Å². The normalized spacial score (nSPS) is 11.2. The maximum absolute atomic E-state index is 12.3. The first kappa shape index (κ1) is 29.1. The lowest BCUT2D eigenvalue weighted by molar-refractivity contribution is -0.152. The summed E-state index contributed by atoms with van der Waals surface area (Å²) < 4.78 is 36.2. The van der Waals surface area contributed by atoms with Crippen molar-refractivity contribution < 1.29 is 36.8 Å². The van der Waals surface area contributed by atoms with Crippen LogP contribution in [0, 0.1) is 0 Å². The van der Waals surface area contributed by atoms with Crippen molar-refractivity contribution in [3.8, 4) is 5.75 Å². The summed E-state index contributed by atoms with van der Waals surface area (Å²) >= 11 is 0. The number of nitrogens with two attached hydrogens (primary N) is 2. The van der Waals surface area contributed by atoms with Crippen LogP contribution in [0.15, 0.2) is 53.5 Å². The highest BCUT2D eigenvalue weighted by Gasteiger charge is 2.19. The fraction of sp³-hybridized carbons (Fsp3) is 0.273. The zero-order valence-electron chi connectivity index (χ0n) is 19.7. The van der Waals surface area contributed by atoms with E-state index in [0.29, 0.717) is 28.8 Å². The number of benzene rings is 2. The van der Waals surface area contributed by atoms with Crippen LogP contribution in [0.25, 0.3) is 0 Å². The molecule has 0 aliphatic carbocycles. The fourth-order valence-electron chi connectivity index (χ4n) is 2.33. The van der Waals surface area contributed by atoms with Gasteiger partial charge in [0.15, 0.2) is 12.6 Å². The summed E-state index contributed by atoms with van der Waals surface area (Å²) in [6.45, 7) is 1.36. The number of esters is 2. The van der Waals surface area contributed by atoms with Gasteiger partial charge in [0.05, 0.1) is 23.4 Å². The molecule has 0 radical (unpaired) electrons. The molecule has 0 unspecified atom stereocenters. The third-order valence-corrected chi connectivity index (χ3v) is 4.14. The van der Waals surface area contributed by atoms with Crippen LogP contribution in [0.4, 0.5) is 5.69 Å². The van der Waals surface area contributed by atoms with Gasteiger partial charge in [0, 0.05) is 14.1 Å². The first-order valence-electron chi connectivity index (χ1n) is 9.98. The average molecular weight is 509 g/mol. The van der Waals surface area contributed by atoms with E-state index in [1.807, 2.05) is 0 Å². The Hall–Kier alpha value is -3.97. The molecule has 35 heavy (non-hydrogen) atoms. The third kappa shape index (κ3) is 11.6. The molecule has 0 saturated carbocycles. The molecule has 1 amide bonds. The molecular weight excluding hydrogens is 480 g/mol. The van der Waals surface area contributed by atoms with Crippen LogP contribution in [0.2, 0.25) is 0 Å². The van der Waals surface area contributed by atoms with Crippen molar-refractivity contribution in [1.29, 1.82) is 0 Å². The zero-order valence-corrected chi connectivity index (χ0v) is 20.5. The number of carbonyl (C=O) groups is 3. The van der Waals surface area contributed by atoms with E-state index in [0.717, 1.165) is 0 Å². The number of likely N-dealkylation sites (N-methyl/N-ethyl adjacent to an activating group) is 1. The number of hydrogen-bond donors (Lipinski definition) is 3. The van der Waals surface area contributed by atoms with E-state index in [1.54, 1.807) is 69.6 Å². The topological polar surface area (TPSA) is 192 Å². The number of aliphatic imine (C=N–C) groups is 1. The van der Waals surface area contributed by atoms with E-state index in [4.69, 9.17) is 25.5 Å². The van der Waals surface area contributed by atoms with Crippen LogP contribution in [-0.2, 0) is 24.4 Å². The van der Waals surface area contributed by atoms with Crippen LogP contribution in [0.5, 0.6) is 5.75 Å². The molecule has 13 heteroatoms. The van der Waals surface area contributed by atoms with Gasteiger partial charge >= 0.3 is 11.9 Å². The lowest BCUT2D eigenvalue weighted by atomic mass is 10.0. The molecule has 0 bridgehead atoms. The molecule has 1 atom stereocenters. The number of rotatable bonds is 7. The van der Waals surface area contributed by atoms with Crippen molar-refractivity contribution in [3.05, 3.63) is 59.7 Å². The fourth-order valence-corrected chi connectivity index (χ4v) is 2.33. The molecule has 2 rings (SSSR count). The summed E-state index contributed by atoms with van der Waals surface area (Å²) in [6.07, 6.45) is 0.715. The van der Waals surface area contributed by atoms with Gasteiger partial charge in [-0.2, -0.15) is 8.42 Å². The Morgan fingerprint density at radius 1 is 1.03 bits per heavy atom. The van der Waals surface area contributed by atoms with E-state index in [1.165, 1.54) is 4.90 Å². The second-order valence-electron chi connectivity index (χ2n) is 7.39. The number of amides is 1. The lowest BCUT2D eigenvalue weighted by Crippen LogP contribution is -2.28. The van der Waals surface area contributed by atoms with Crippen LogP contribution < -0.4 is 16.2 Å². The average Bonchev–Trinajstić information content (AvgIpc) is 2.76. The molecule has 0 saturated heterocycles. The number of carbonyl (C=O) groups excluding carboxylic acids is 3. The van der Waals surface area contributed by atoms with Crippen LogP contribution in [0.1, 0.15) is 28.8 Å². The van der Waals surface area contributed by atoms with Crippen molar-refractivity contribution in [2.45, 2.75) is 12.8 Å². The highest BCUT2D eigenvalue weighted by Crippen LogP contribution is 2.22.